The maximum absolute atomic E-state index is 8.52. The van der Waals surface area contributed by atoms with Gasteiger partial charge in [-0.15, -0.1) is 5.10 Å². The summed E-state index contributed by atoms with van der Waals surface area (Å²) in [4.78, 5) is 0. The molecule has 0 aromatic carbocycles. The molecule has 0 radical (unpaired) electrons. The van der Waals surface area contributed by atoms with Gasteiger partial charge in [0, 0.05) is 19.4 Å². The lowest BCUT2D eigenvalue weighted by molar-refractivity contribution is 0.287. The standard InChI is InChI=1S/C6H12N4OS/c1-10-6(7-8-9-10)12-5-3-2-4-11/h11H,2-5H2,1H3. The van der Waals surface area contributed by atoms with Crippen molar-refractivity contribution in [3.63, 3.8) is 0 Å². The van der Waals surface area contributed by atoms with Crippen LogP contribution in [0.4, 0.5) is 0 Å². The Hall–Kier alpha value is -0.620. The molecule has 0 saturated carbocycles. The molecule has 1 rings (SSSR count). The van der Waals surface area contributed by atoms with Gasteiger partial charge in [-0.2, -0.15) is 0 Å². The first-order valence-corrected chi connectivity index (χ1v) is 4.79. The average molecular weight is 188 g/mol. The van der Waals surface area contributed by atoms with Crippen LogP contribution in [0.5, 0.6) is 0 Å². The van der Waals surface area contributed by atoms with E-state index < -0.39 is 0 Å². The summed E-state index contributed by atoms with van der Waals surface area (Å²) >= 11 is 1.61. The van der Waals surface area contributed by atoms with Gasteiger partial charge in [0.25, 0.3) is 0 Å². The van der Waals surface area contributed by atoms with Crippen molar-refractivity contribution < 1.29 is 5.11 Å². The molecular formula is C6H12N4OS. The topological polar surface area (TPSA) is 63.8 Å². The van der Waals surface area contributed by atoms with Crippen molar-refractivity contribution in [3.8, 4) is 0 Å². The molecule has 1 N–H and O–H groups in total. The summed E-state index contributed by atoms with van der Waals surface area (Å²) in [7, 11) is 1.81. The summed E-state index contributed by atoms with van der Waals surface area (Å²) in [5, 5.41) is 20.4. The predicted molar refractivity (Wildman–Crippen MR) is 45.8 cm³/mol. The second-order valence-electron chi connectivity index (χ2n) is 2.36. The number of aryl methyl sites for hydroxylation is 1. The fourth-order valence-corrected chi connectivity index (χ4v) is 1.57. The Morgan fingerprint density at radius 2 is 2.33 bits per heavy atom. The molecule has 0 aliphatic rings. The highest BCUT2D eigenvalue weighted by atomic mass is 32.2. The molecule has 12 heavy (non-hydrogen) atoms. The second kappa shape index (κ2) is 5.10. The highest BCUT2D eigenvalue weighted by molar-refractivity contribution is 7.99. The molecule has 0 atom stereocenters. The van der Waals surface area contributed by atoms with Gasteiger partial charge in [-0.3, -0.25) is 0 Å². The Bertz CT molecular complexity index is 227. The van der Waals surface area contributed by atoms with Crippen molar-refractivity contribution in [2.75, 3.05) is 12.4 Å². The van der Waals surface area contributed by atoms with Crippen LogP contribution in [-0.4, -0.2) is 37.7 Å². The van der Waals surface area contributed by atoms with Crippen molar-refractivity contribution in [2.45, 2.75) is 18.0 Å². The van der Waals surface area contributed by atoms with E-state index in [2.05, 4.69) is 15.5 Å². The van der Waals surface area contributed by atoms with Gasteiger partial charge in [0.2, 0.25) is 5.16 Å². The highest BCUT2D eigenvalue weighted by Gasteiger charge is 2.00. The van der Waals surface area contributed by atoms with Crippen LogP contribution in [0.1, 0.15) is 12.8 Å². The molecule has 0 bridgehead atoms. The van der Waals surface area contributed by atoms with E-state index in [1.54, 1.807) is 16.4 Å². The number of unbranched alkanes of at least 4 members (excludes halogenated alkanes) is 1. The number of aliphatic hydroxyl groups excluding tert-OH is 1. The number of nitrogens with zero attached hydrogens (tertiary/aromatic N) is 4. The molecular weight excluding hydrogens is 176 g/mol. The maximum Gasteiger partial charge on any atom is 0.209 e. The van der Waals surface area contributed by atoms with Gasteiger partial charge in [0.15, 0.2) is 0 Å². The van der Waals surface area contributed by atoms with Crippen LogP contribution in [-0.2, 0) is 7.05 Å². The van der Waals surface area contributed by atoms with E-state index in [9.17, 15) is 0 Å². The number of aliphatic hydroxyl groups is 1. The molecule has 6 heteroatoms. The number of thioether (sulfide) groups is 1. The van der Waals surface area contributed by atoms with Crippen LogP contribution < -0.4 is 0 Å². The monoisotopic (exact) mass is 188 g/mol. The van der Waals surface area contributed by atoms with Gasteiger partial charge in [0.05, 0.1) is 0 Å². The number of hydrogen-bond donors (Lipinski definition) is 1. The van der Waals surface area contributed by atoms with Crippen LogP contribution >= 0.6 is 11.8 Å². The summed E-state index contributed by atoms with van der Waals surface area (Å²) in [6.45, 7) is 0.262. The fraction of sp³-hybridized carbons (Fsp3) is 0.833. The minimum atomic E-state index is 0.262. The highest BCUT2D eigenvalue weighted by Crippen LogP contribution is 2.13. The van der Waals surface area contributed by atoms with Crippen LogP contribution in [0.2, 0.25) is 0 Å². The largest absolute Gasteiger partial charge is 0.396 e. The summed E-state index contributed by atoms with van der Waals surface area (Å²) in [6.07, 6.45) is 1.84. The van der Waals surface area contributed by atoms with Crippen LogP contribution in [0.15, 0.2) is 5.16 Å². The number of rotatable bonds is 5. The summed E-state index contributed by atoms with van der Waals surface area (Å²) in [5.74, 6) is 0.953. The van der Waals surface area contributed by atoms with E-state index in [0.29, 0.717) is 0 Å². The average Bonchev–Trinajstić information content (AvgIpc) is 2.46. The Kier molecular flexibility index (Phi) is 4.02. The molecule has 1 aromatic rings. The summed E-state index contributed by atoms with van der Waals surface area (Å²) in [6, 6.07) is 0. The van der Waals surface area contributed by atoms with E-state index in [4.69, 9.17) is 5.11 Å². The van der Waals surface area contributed by atoms with Crippen molar-refractivity contribution in [1.82, 2.24) is 20.2 Å². The van der Waals surface area contributed by atoms with Gasteiger partial charge < -0.3 is 5.11 Å². The van der Waals surface area contributed by atoms with Gasteiger partial charge in [-0.1, -0.05) is 11.8 Å². The van der Waals surface area contributed by atoms with E-state index in [1.165, 1.54) is 0 Å². The van der Waals surface area contributed by atoms with Gasteiger partial charge in [-0.25, -0.2) is 4.68 Å². The third-order valence-corrected chi connectivity index (χ3v) is 2.46. The first kappa shape index (κ1) is 9.47. The molecule has 0 fully saturated rings. The SMILES string of the molecule is Cn1nnnc1SCCCCO. The number of aromatic nitrogens is 4. The van der Waals surface area contributed by atoms with E-state index in [1.807, 2.05) is 7.05 Å². The number of tetrazole rings is 1. The maximum atomic E-state index is 8.52. The Balaban J connectivity index is 2.20. The Labute approximate surface area is 75.2 Å². The lowest BCUT2D eigenvalue weighted by atomic mass is 10.4. The molecule has 5 nitrogen and oxygen atoms in total. The Morgan fingerprint density at radius 1 is 1.50 bits per heavy atom. The van der Waals surface area contributed by atoms with Crippen molar-refractivity contribution in [1.29, 1.82) is 0 Å². The molecule has 0 aliphatic carbocycles. The van der Waals surface area contributed by atoms with Crippen LogP contribution in [0, 0.1) is 0 Å². The summed E-state index contributed by atoms with van der Waals surface area (Å²) in [5.41, 5.74) is 0. The number of hydrogen-bond acceptors (Lipinski definition) is 5. The van der Waals surface area contributed by atoms with E-state index in [0.717, 1.165) is 23.8 Å². The second-order valence-corrected chi connectivity index (χ2v) is 3.43. The third-order valence-electron chi connectivity index (χ3n) is 1.36. The zero-order valence-electron chi connectivity index (χ0n) is 6.97. The van der Waals surface area contributed by atoms with E-state index in [-0.39, 0.29) is 6.61 Å². The molecule has 1 aromatic heterocycles. The minimum absolute atomic E-state index is 0.262. The van der Waals surface area contributed by atoms with Gasteiger partial charge in [-0.05, 0) is 23.3 Å². The minimum Gasteiger partial charge on any atom is -0.396 e. The molecule has 0 amide bonds. The molecule has 68 valence electrons. The van der Waals surface area contributed by atoms with Crippen LogP contribution in [0.3, 0.4) is 0 Å². The van der Waals surface area contributed by atoms with E-state index >= 15 is 0 Å². The van der Waals surface area contributed by atoms with Crippen molar-refractivity contribution in [2.24, 2.45) is 7.05 Å². The molecule has 0 aliphatic heterocycles. The quantitative estimate of drug-likeness (QED) is 0.523. The predicted octanol–water partition coefficient (Wildman–Crippen LogP) is 0.0747. The fourth-order valence-electron chi connectivity index (χ4n) is 0.721. The van der Waals surface area contributed by atoms with Crippen molar-refractivity contribution in [3.05, 3.63) is 0 Å². The lowest BCUT2D eigenvalue weighted by Gasteiger charge is -1.96. The smallest absolute Gasteiger partial charge is 0.209 e. The van der Waals surface area contributed by atoms with Gasteiger partial charge in [0.1, 0.15) is 0 Å². The first-order chi connectivity index (χ1) is 5.84. The first-order valence-electron chi connectivity index (χ1n) is 3.80. The lowest BCUT2D eigenvalue weighted by Crippen LogP contribution is -1.94. The molecule has 1 heterocycles. The zero-order chi connectivity index (χ0) is 8.81. The van der Waals surface area contributed by atoms with Crippen molar-refractivity contribution >= 4 is 11.8 Å². The molecule has 0 spiro atoms. The normalized spacial score (nSPS) is 10.5. The molecule has 0 unspecified atom stereocenters. The summed E-state index contributed by atoms with van der Waals surface area (Å²) < 4.78 is 1.64. The third kappa shape index (κ3) is 2.78. The van der Waals surface area contributed by atoms with Gasteiger partial charge >= 0.3 is 0 Å². The zero-order valence-corrected chi connectivity index (χ0v) is 7.79. The van der Waals surface area contributed by atoms with Crippen LogP contribution in [0.25, 0.3) is 0 Å². The molecule has 0 saturated heterocycles. The Morgan fingerprint density at radius 3 is 2.92 bits per heavy atom.